The van der Waals surface area contributed by atoms with Gasteiger partial charge in [0.1, 0.15) is 5.75 Å². The Kier molecular flexibility index (Phi) is 1.65. The molecule has 1 aromatic carbocycles. The molecule has 3 N–H and O–H groups in total. The van der Waals surface area contributed by atoms with Crippen molar-refractivity contribution in [1.29, 1.82) is 0 Å². The lowest BCUT2D eigenvalue weighted by molar-refractivity contribution is 0.469. The van der Waals surface area contributed by atoms with Crippen molar-refractivity contribution in [3.05, 3.63) is 22.2 Å². The predicted octanol–water partition coefficient (Wildman–Crippen LogP) is 2.12. The van der Waals surface area contributed by atoms with E-state index >= 15 is 0 Å². The van der Waals surface area contributed by atoms with Crippen LogP contribution in [0.25, 0.3) is 0 Å². The number of aromatic hydroxyl groups is 1. The maximum absolute atomic E-state index is 9.56. The number of fused-ring (bicyclic) bond motifs is 1. The summed E-state index contributed by atoms with van der Waals surface area (Å²) in [6, 6.07) is 1.63. The smallest absolute Gasteiger partial charge is 0.137 e. The highest BCUT2D eigenvalue weighted by Gasteiger charge is 2.19. The molecule has 0 bridgehead atoms. The zero-order valence-corrected chi connectivity index (χ0v) is 7.36. The number of halogens is 1. The van der Waals surface area contributed by atoms with Crippen molar-refractivity contribution in [3.63, 3.8) is 0 Å². The van der Waals surface area contributed by atoms with Crippen LogP contribution in [0.4, 0.5) is 5.69 Å². The molecule has 2 rings (SSSR count). The summed E-state index contributed by atoms with van der Waals surface area (Å²) < 4.78 is 0. The van der Waals surface area contributed by atoms with Crippen LogP contribution in [0.15, 0.2) is 6.07 Å². The molecule has 1 aliphatic carbocycles. The standard InChI is InChI=1S/C9H10ClNO/c10-7-4-8(11)5-2-1-3-6(5)9(7)12/h4,12H,1-3,11H2. The molecule has 1 aliphatic rings. The Labute approximate surface area is 76.0 Å². The van der Waals surface area contributed by atoms with Gasteiger partial charge >= 0.3 is 0 Å². The summed E-state index contributed by atoms with van der Waals surface area (Å²) in [5.74, 6) is 0.221. The second-order valence-corrected chi connectivity index (χ2v) is 3.51. The molecule has 12 heavy (non-hydrogen) atoms. The van der Waals surface area contributed by atoms with Gasteiger partial charge in [0.2, 0.25) is 0 Å². The molecular weight excluding hydrogens is 174 g/mol. The van der Waals surface area contributed by atoms with Gasteiger partial charge in [-0.15, -0.1) is 0 Å². The first-order valence-electron chi connectivity index (χ1n) is 3.99. The summed E-state index contributed by atoms with van der Waals surface area (Å²) in [4.78, 5) is 0. The topological polar surface area (TPSA) is 46.2 Å². The third-order valence-electron chi connectivity index (χ3n) is 2.36. The van der Waals surface area contributed by atoms with Crippen LogP contribution in [0.3, 0.4) is 0 Å². The second kappa shape index (κ2) is 2.56. The molecule has 3 heteroatoms. The second-order valence-electron chi connectivity index (χ2n) is 3.11. The summed E-state index contributed by atoms with van der Waals surface area (Å²) in [6.45, 7) is 0. The van der Waals surface area contributed by atoms with E-state index in [4.69, 9.17) is 17.3 Å². The summed E-state index contributed by atoms with van der Waals surface area (Å²) in [7, 11) is 0. The first-order valence-corrected chi connectivity index (χ1v) is 4.36. The Bertz CT molecular complexity index is 336. The highest BCUT2D eigenvalue weighted by Crippen LogP contribution is 2.39. The van der Waals surface area contributed by atoms with E-state index in [0.29, 0.717) is 10.7 Å². The minimum Gasteiger partial charge on any atom is -0.506 e. The number of anilines is 1. The number of hydrogen-bond acceptors (Lipinski definition) is 2. The van der Waals surface area contributed by atoms with E-state index in [1.165, 1.54) is 0 Å². The molecule has 0 unspecified atom stereocenters. The van der Waals surface area contributed by atoms with Gasteiger partial charge in [0.05, 0.1) is 5.02 Å². The van der Waals surface area contributed by atoms with Crippen LogP contribution >= 0.6 is 11.6 Å². The van der Waals surface area contributed by atoms with E-state index in [-0.39, 0.29) is 5.75 Å². The molecule has 0 spiro atoms. The lowest BCUT2D eigenvalue weighted by Crippen LogP contribution is -1.93. The molecule has 0 fully saturated rings. The van der Waals surface area contributed by atoms with Gasteiger partial charge in [-0.05, 0) is 30.9 Å². The average molecular weight is 184 g/mol. The fraction of sp³-hybridized carbons (Fsp3) is 0.333. The van der Waals surface area contributed by atoms with Crippen LogP contribution in [0.2, 0.25) is 5.02 Å². The monoisotopic (exact) mass is 183 g/mol. The SMILES string of the molecule is Nc1cc(Cl)c(O)c2c1CCC2. The van der Waals surface area contributed by atoms with Crippen molar-refractivity contribution in [2.45, 2.75) is 19.3 Å². The van der Waals surface area contributed by atoms with Gasteiger partial charge < -0.3 is 10.8 Å². The van der Waals surface area contributed by atoms with Crippen LogP contribution in [0.5, 0.6) is 5.75 Å². The largest absolute Gasteiger partial charge is 0.506 e. The number of phenols is 1. The number of phenolic OH excluding ortho intramolecular Hbond substituents is 1. The lowest BCUT2D eigenvalue weighted by Gasteiger charge is -2.07. The van der Waals surface area contributed by atoms with Gasteiger partial charge in [0, 0.05) is 11.3 Å². The quantitative estimate of drug-likeness (QED) is 0.478. The third-order valence-corrected chi connectivity index (χ3v) is 2.65. The number of nitrogen functional groups attached to an aromatic ring is 1. The fourth-order valence-corrected chi connectivity index (χ4v) is 1.99. The van der Waals surface area contributed by atoms with Crippen LogP contribution in [-0.2, 0) is 12.8 Å². The number of hydrogen-bond donors (Lipinski definition) is 2. The summed E-state index contributed by atoms with van der Waals surface area (Å²) in [5.41, 5.74) is 8.48. The molecule has 64 valence electrons. The average Bonchev–Trinajstić information content (AvgIpc) is 2.48. The van der Waals surface area contributed by atoms with Crippen LogP contribution in [0.1, 0.15) is 17.5 Å². The molecule has 0 aliphatic heterocycles. The minimum absolute atomic E-state index is 0.221. The maximum atomic E-state index is 9.56. The van der Waals surface area contributed by atoms with Gasteiger partial charge in [-0.1, -0.05) is 11.6 Å². The number of rotatable bonds is 0. The minimum atomic E-state index is 0.221. The van der Waals surface area contributed by atoms with Gasteiger partial charge in [0.15, 0.2) is 0 Å². The summed E-state index contributed by atoms with van der Waals surface area (Å²) in [6.07, 6.45) is 2.92. The zero-order chi connectivity index (χ0) is 8.72. The van der Waals surface area contributed by atoms with Gasteiger partial charge in [-0.25, -0.2) is 0 Å². The van der Waals surface area contributed by atoms with Crippen LogP contribution < -0.4 is 5.73 Å². The van der Waals surface area contributed by atoms with Gasteiger partial charge in [-0.3, -0.25) is 0 Å². The molecule has 0 radical (unpaired) electrons. The van der Waals surface area contributed by atoms with E-state index in [1.807, 2.05) is 0 Å². The summed E-state index contributed by atoms with van der Waals surface area (Å²) >= 11 is 5.77. The molecule has 1 aromatic rings. The Morgan fingerprint density at radius 2 is 2.00 bits per heavy atom. The van der Waals surface area contributed by atoms with Crippen LogP contribution in [-0.4, -0.2) is 5.11 Å². The lowest BCUT2D eigenvalue weighted by atomic mass is 10.1. The van der Waals surface area contributed by atoms with Crippen molar-refractivity contribution in [3.8, 4) is 5.75 Å². The highest BCUT2D eigenvalue weighted by atomic mass is 35.5. The first kappa shape index (κ1) is 7.74. The van der Waals surface area contributed by atoms with E-state index in [2.05, 4.69) is 0 Å². The van der Waals surface area contributed by atoms with Gasteiger partial charge in [0.25, 0.3) is 0 Å². The molecule has 0 aromatic heterocycles. The molecule has 0 heterocycles. The van der Waals surface area contributed by atoms with E-state index in [0.717, 1.165) is 30.4 Å². The Morgan fingerprint density at radius 1 is 1.33 bits per heavy atom. The van der Waals surface area contributed by atoms with Crippen molar-refractivity contribution in [2.75, 3.05) is 5.73 Å². The van der Waals surface area contributed by atoms with Crippen molar-refractivity contribution in [2.24, 2.45) is 0 Å². The molecular formula is C9H10ClNO. The van der Waals surface area contributed by atoms with E-state index < -0.39 is 0 Å². The van der Waals surface area contributed by atoms with E-state index in [9.17, 15) is 5.11 Å². The normalized spacial score (nSPS) is 14.8. The Balaban J connectivity index is 2.69. The molecule has 0 atom stereocenters. The van der Waals surface area contributed by atoms with Crippen LogP contribution in [0, 0.1) is 0 Å². The van der Waals surface area contributed by atoms with Crippen molar-refractivity contribution < 1.29 is 5.11 Å². The molecule has 0 amide bonds. The first-order chi connectivity index (χ1) is 5.70. The zero-order valence-electron chi connectivity index (χ0n) is 6.60. The number of nitrogens with two attached hydrogens (primary N) is 1. The molecule has 0 saturated heterocycles. The maximum Gasteiger partial charge on any atom is 0.137 e. The molecule has 2 nitrogen and oxygen atoms in total. The predicted molar refractivity (Wildman–Crippen MR) is 49.6 cm³/mol. The Morgan fingerprint density at radius 3 is 2.75 bits per heavy atom. The van der Waals surface area contributed by atoms with Crippen molar-refractivity contribution >= 4 is 17.3 Å². The van der Waals surface area contributed by atoms with Gasteiger partial charge in [-0.2, -0.15) is 0 Å². The summed E-state index contributed by atoms with van der Waals surface area (Å²) in [5, 5.41) is 9.92. The van der Waals surface area contributed by atoms with Crippen molar-refractivity contribution in [1.82, 2.24) is 0 Å². The highest BCUT2D eigenvalue weighted by molar-refractivity contribution is 6.32. The third kappa shape index (κ3) is 0.950. The Hall–Kier alpha value is -0.890. The fourth-order valence-electron chi connectivity index (χ4n) is 1.76. The van der Waals surface area contributed by atoms with E-state index in [1.54, 1.807) is 6.07 Å². The molecule has 0 saturated carbocycles. The number of benzene rings is 1.